The van der Waals surface area contributed by atoms with Gasteiger partial charge in [-0.1, -0.05) is 13.8 Å². The molecule has 1 aromatic rings. The van der Waals surface area contributed by atoms with E-state index in [1.165, 1.54) is 0 Å². The lowest BCUT2D eigenvalue weighted by atomic mass is 10.2. The van der Waals surface area contributed by atoms with Crippen LogP contribution in [-0.4, -0.2) is 50.3 Å². The van der Waals surface area contributed by atoms with Gasteiger partial charge in [0, 0.05) is 32.7 Å². The van der Waals surface area contributed by atoms with Crippen molar-refractivity contribution in [2.75, 3.05) is 40.1 Å². The zero-order valence-electron chi connectivity index (χ0n) is 13.3. The number of nitrogens with one attached hydrogen (secondary N) is 1. The van der Waals surface area contributed by atoms with Gasteiger partial charge in [-0.2, -0.15) is 5.10 Å². The molecule has 0 atom stereocenters. The lowest BCUT2D eigenvalue weighted by molar-refractivity contribution is 0.0641. The van der Waals surface area contributed by atoms with E-state index < -0.39 is 0 Å². The van der Waals surface area contributed by atoms with Gasteiger partial charge in [-0.25, -0.2) is 0 Å². The third-order valence-corrected chi connectivity index (χ3v) is 2.67. The number of hydrogen-bond acceptors (Lipinski definition) is 6. The minimum absolute atomic E-state index is 0.555. The number of rotatable bonds is 12. The summed E-state index contributed by atoms with van der Waals surface area (Å²) >= 11 is 0. The highest BCUT2D eigenvalue weighted by atomic mass is 16.5. The van der Waals surface area contributed by atoms with E-state index in [0.29, 0.717) is 38.2 Å². The van der Waals surface area contributed by atoms with Crippen LogP contribution in [0.2, 0.25) is 0 Å². The van der Waals surface area contributed by atoms with Crippen LogP contribution in [0.4, 0.5) is 0 Å². The maximum atomic E-state index is 5.50. The molecule has 0 unspecified atom stereocenters. The molecule has 0 bridgehead atoms. The number of nitrogens with zero attached hydrogens (tertiary/aromatic N) is 2. The molecule has 0 amide bonds. The van der Waals surface area contributed by atoms with Crippen LogP contribution >= 0.6 is 0 Å². The fourth-order valence-electron chi connectivity index (χ4n) is 1.59. The van der Waals surface area contributed by atoms with Crippen LogP contribution in [0.5, 0.6) is 5.88 Å². The first kappa shape index (κ1) is 17.8. The lowest BCUT2D eigenvalue weighted by Crippen LogP contribution is -2.19. The van der Waals surface area contributed by atoms with Crippen molar-refractivity contribution in [3.8, 4) is 5.88 Å². The van der Waals surface area contributed by atoms with Gasteiger partial charge in [0.2, 0.25) is 5.88 Å². The van der Waals surface area contributed by atoms with E-state index in [1.807, 2.05) is 12.1 Å². The van der Waals surface area contributed by atoms with E-state index >= 15 is 0 Å². The van der Waals surface area contributed by atoms with Gasteiger partial charge in [-0.15, -0.1) is 5.10 Å². The summed E-state index contributed by atoms with van der Waals surface area (Å²) in [5, 5.41) is 11.5. The average Bonchev–Trinajstić information content (AvgIpc) is 2.47. The van der Waals surface area contributed by atoms with E-state index in [4.69, 9.17) is 14.2 Å². The van der Waals surface area contributed by atoms with Gasteiger partial charge in [0.15, 0.2) is 0 Å². The molecule has 0 aliphatic carbocycles. The maximum absolute atomic E-state index is 5.50. The smallest absolute Gasteiger partial charge is 0.233 e. The Hall–Kier alpha value is -1.24. The topological polar surface area (TPSA) is 65.5 Å². The summed E-state index contributed by atoms with van der Waals surface area (Å²) in [6.07, 6.45) is 0.823. The van der Waals surface area contributed by atoms with Gasteiger partial charge in [0.25, 0.3) is 0 Å². The largest absolute Gasteiger partial charge is 0.477 e. The van der Waals surface area contributed by atoms with Gasteiger partial charge in [-0.3, -0.25) is 0 Å². The monoisotopic (exact) mass is 297 g/mol. The second kappa shape index (κ2) is 11.4. The van der Waals surface area contributed by atoms with Crippen molar-refractivity contribution in [3.05, 3.63) is 17.8 Å². The molecule has 1 heterocycles. The Morgan fingerprint density at radius 1 is 1.10 bits per heavy atom. The fraction of sp³-hybridized carbons (Fsp3) is 0.733. The van der Waals surface area contributed by atoms with Crippen molar-refractivity contribution < 1.29 is 14.2 Å². The number of aromatic nitrogens is 2. The Morgan fingerprint density at radius 3 is 2.62 bits per heavy atom. The van der Waals surface area contributed by atoms with Gasteiger partial charge in [-0.05, 0) is 18.5 Å². The summed E-state index contributed by atoms with van der Waals surface area (Å²) in [6.45, 7) is 8.54. The van der Waals surface area contributed by atoms with E-state index in [0.717, 1.165) is 25.2 Å². The predicted octanol–water partition coefficient (Wildman–Crippen LogP) is 1.65. The average molecular weight is 297 g/mol. The quantitative estimate of drug-likeness (QED) is 0.592. The van der Waals surface area contributed by atoms with E-state index in [9.17, 15) is 0 Å². The van der Waals surface area contributed by atoms with Crippen molar-refractivity contribution in [2.24, 2.45) is 5.92 Å². The van der Waals surface area contributed by atoms with Crippen LogP contribution in [0.3, 0.4) is 0 Å². The van der Waals surface area contributed by atoms with E-state index in [2.05, 4.69) is 29.4 Å². The number of hydrogen-bond donors (Lipinski definition) is 1. The first-order chi connectivity index (χ1) is 10.2. The summed E-state index contributed by atoms with van der Waals surface area (Å²) in [6, 6.07) is 3.79. The third-order valence-electron chi connectivity index (χ3n) is 2.67. The van der Waals surface area contributed by atoms with Gasteiger partial charge in [0.1, 0.15) is 0 Å². The number of methoxy groups -OCH3 is 1. The summed E-state index contributed by atoms with van der Waals surface area (Å²) in [7, 11) is 1.66. The predicted molar refractivity (Wildman–Crippen MR) is 81.4 cm³/mol. The Labute approximate surface area is 127 Å². The van der Waals surface area contributed by atoms with Crippen LogP contribution in [-0.2, 0) is 16.0 Å². The molecule has 0 fully saturated rings. The molecule has 0 aliphatic rings. The SMILES string of the molecule is COCCOCCCOc1ccc(CNCC(C)C)nn1. The maximum Gasteiger partial charge on any atom is 0.233 e. The summed E-state index contributed by atoms with van der Waals surface area (Å²) < 4.78 is 15.7. The third kappa shape index (κ3) is 9.33. The van der Waals surface area contributed by atoms with E-state index in [-0.39, 0.29) is 0 Å². The summed E-state index contributed by atoms with van der Waals surface area (Å²) in [5.41, 5.74) is 0.922. The molecule has 0 saturated heterocycles. The van der Waals surface area contributed by atoms with Crippen molar-refractivity contribution >= 4 is 0 Å². The second-order valence-electron chi connectivity index (χ2n) is 5.19. The molecule has 0 spiro atoms. The van der Waals surface area contributed by atoms with Crippen molar-refractivity contribution in [1.29, 1.82) is 0 Å². The molecule has 120 valence electrons. The van der Waals surface area contributed by atoms with Gasteiger partial charge >= 0.3 is 0 Å². The molecule has 1 rings (SSSR count). The highest BCUT2D eigenvalue weighted by Crippen LogP contribution is 2.05. The minimum atomic E-state index is 0.555. The van der Waals surface area contributed by atoms with Crippen molar-refractivity contribution in [1.82, 2.24) is 15.5 Å². The Balaban J connectivity index is 2.10. The molecular formula is C15H27N3O3. The molecule has 6 nitrogen and oxygen atoms in total. The van der Waals surface area contributed by atoms with Crippen molar-refractivity contribution in [2.45, 2.75) is 26.8 Å². The lowest BCUT2D eigenvalue weighted by Gasteiger charge is -2.08. The molecular weight excluding hydrogens is 270 g/mol. The first-order valence-corrected chi connectivity index (χ1v) is 7.45. The minimum Gasteiger partial charge on any atom is -0.477 e. The number of ether oxygens (including phenoxy) is 3. The standard InChI is InChI=1S/C15H27N3O3/c1-13(2)11-16-12-14-5-6-15(18-17-14)21-8-4-7-20-10-9-19-3/h5-6,13,16H,4,7-12H2,1-3H3. The molecule has 6 heteroatoms. The Morgan fingerprint density at radius 2 is 1.95 bits per heavy atom. The molecule has 0 aliphatic heterocycles. The van der Waals surface area contributed by atoms with Crippen LogP contribution in [0.1, 0.15) is 26.0 Å². The Kier molecular flexibility index (Phi) is 9.69. The molecule has 0 aromatic carbocycles. The van der Waals surface area contributed by atoms with Crippen molar-refractivity contribution in [3.63, 3.8) is 0 Å². The Bertz CT molecular complexity index is 358. The molecule has 21 heavy (non-hydrogen) atoms. The zero-order chi connectivity index (χ0) is 15.3. The molecule has 0 saturated carbocycles. The molecule has 0 radical (unpaired) electrons. The van der Waals surface area contributed by atoms with Crippen LogP contribution in [0.25, 0.3) is 0 Å². The van der Waals surface area contributed by atoms with Crippen LogP contribution in [0, 0.1) is 5.92 Å². The van der Waals surface area contributed by atoms with Gasteiger partial charge in [0.05, 0.1) is 25.5 Å². The normalized spacial score (nSPS) is 11.0. The zero-order valence-corrected chi connectivity index (χ0v) is 13.3. The van der Waals surface area contributed by atoms with Crippen LogP contribution in [0.15, 0.2) is 12.1 Å². The van der Waals surface area contributed by atoms with E-state index in [1.54, 1.807) is 7.11 Å². The second-order valence-corrected chi connectivity index (χ2v) is 5.19. The van der Waals surface area contributed by atoms with Crippen LogP contribution < -0.4 is 10.1 Å². The molecule has 1 N–H and O–H groups in total. The van der Waals surface area contributed by atoms with Gasteiger partial charge < -0.3 is 19.5 Å². The highest BCUT2D eigenvalue weighted by Gasteiger charge is 2.00. The molecule has 1 aromatic heterocycles. The first-order valence-electron chi connectivity index (χ1n) is 7.45. The summed E-state index contributed by atoms with van der Waals surface area (Å²) in [5.74, 6) is 1.19. The highest BCUT2D eigenvalue weighted by molar-refractivity contribution is 5.11. The summed E-state index contributed by atoms with van der Waals surface area (Å²) in [4.78, 5) is 0. The fourth-order valence-corrected chi connectivity index (χ4v) is 1.59.